The molecule has 0 spiro atoms. The van der Waals surface area contributed by atoms with Crippen molar-refractivity contribution < 1.29 is 13.5 Å². The maximum absolute atomic E-state index is 11.1. The largest absolute Gasteiger partial charge is 0.394 e. The van der Waals surface area contributed by atoms with E-state index in [0.29, 0.717) is 6.42 Å². The Kier molecular flexibility index (Phi) is 1.98. The Morgan fingerprint density at radius 2 is 2.27 bits per heavy atom. The van der Waals surface area contributed by atoms with E-state index in [-0.39, 0.29) is 12.4 Å². The summed E-state index contributed by atoms with van der Waals surface area (Å²) in [7, 11) is -3.03. The van der Waals surface area contributed by atoms with Crippen LogP contribution in [0.25, 0.3) is 0 Å². The van der Waals surface area contributed by atoms with E-state index in [0.717, 1.165) is 0 Å². The number of hydrogen-bond acceptors (Lipinski definition) is 4. The summed E-state index contributed by atoms with van der Waals surface area (Å²) in [6.07, 6.45) is 0.402. The molecular weight excluding hydrogens is 166 g/mol. The van der Waals surface area contributed by atoms with Gasteiger partial charge < -0.3 is 10.8 Å². The zero-order chi connectivity index (χ0) is 8.70. The molecule has 2 atom stereocenters. The Labute approximate surface area is 66.3 Å². The van der Waals surface area contributed by atoms with Crippen LogP contribution < -0.4 is 5.73 Å². The van der Waals surface area contributed by atoms with Crippen LogP contribution in [-0.2, 0) is 9.84 Å². The number of rotatable bonds is 3. The van der Waals surface area contributed by atoms with Crippen LogP contribution in [0, 0.1) is 0 Å². The normalized spacial score (nSPS) is 37.2. The minimum atomic E-state index is -3.03. The van der Waals surface area contributed by atoms with Gasteiger partial charge in [-0.2, -0.15) is 0 Å². The second-order valence-electron chi connectivity index (χ2n) is 3.04. The minimum absolute atomic E-state index is 0.108. The lowest BCUT2D eigenvalue weighted by molar-refractivity contribution is 0.257. The van der Waals surface area contributed by atoms with Crippen LogP contribution in [-0.4, -0.2) is 36.7 Å². The van der Waals surface area contributed by atoms with E-state index in [1.54, 1.807) is 6.92 Å². The lowest BCUT2D eigenvalue weighted by Crippen LogP contribution is -2.34. The number of aliphatic hydroxyl groups excluding tert-OH is 1. The van der Waals surface area contributed by atoms with Crippen LogP contribution in [0.3, 0.4) is 0 Å². The van der Waals surface area contributed by atoms with Gasteiger partial charge in [-0.3, -0.25) is 0 Å². The van der Waals surface area contributed by atoms with Gasteiger partial charge in [-0.25, -0.2) is 8.42 Å². The third kappa shape index (κ3) is 1.40. The van der Waals surface area contributed by atoms with Gasteiger partial charge in [-0.05, 0) is 6.42 Å². The SMILES string of the molecule is CCS(=O)(=O)[C@H]1C[C@@]1(N)CO. The van der Waals surface area contributed by atoms with E-state index < -0.39 is 20.6 Å². The minimum Gasteiger partial charge on any atom is -0.394 e. The molecule has 0 radical (unpaired) electrons. The van der Waals surface area contributed by atoms with E-state index in [4.69, 9.17) is 10.8 Å². The van der Waals surface area contributed by atoms with Crippen LogP contribution in [0.2, 0.25) is 0 Å². The van der Waals surface area contributed by atoms with Gasteiger partial charge in [0.15, 0.2) is 9.84 Å². The van der Waals surface area contributed by atoms with Crippen molar-refractivity contribution in [3.63, 3.8) is 0 Å². The van der Waals surface area contributed by atoms with E-state index in [1.165, 1.54) is 0 Å². The molecule has 1 saturated carbocycles. The Morgan fingerprint density at radius 1 is 1.73 bits per heavy atom. The van der Waals surface area contributed by atoms with Crippen molar-refractivity contribution in [2.75, 3.05) is 12.4 Å². The predicted octanol–water partition coefficient (Wildman–Crippen LogP) is -1.12. The lowest BCUT2D eigenvalue weighted by atomic mass is 10.3. The Morgan fingerprint density at radius 3 is 2.55 bits per heavy atom. The Hall–Kier alpha value is -0.130. The van der Waals surface area contributed by atoms with Gasteiger partial charge in [0.25, 0.3) is 0 Å². The molecule has 1 aliphatic carbocycles. The number of hydrogen-bond donors (Lipinski definition) is 2. The molecule has 0 aromatic carbocycles. The fourth-order valence-electron chi connectivity index (χ4n) is 1.14. The molecule has 0 aromatic rings. The van der Waals surface area contributed by atoms with Gasteiger partial charge in [0.05, 0.1) is 17.4 Å². The fraction of sp³-hybridized carbons (Fsp3) is 1.00. The first-order chi connectivity index (χ1) is 4.96. The molecule has 3 N–H and O–H groups in total. The first-order valence-electron chi connectivity index (χ1n) is 3.57. The zero-order valence-corrected chi connectivity index (χ0v) is 7.26. The predicted molar refractivity (Wildman–Crippen MR) is 41.9 cm³/mol. The summed E-state index contributed by atoms with van der Waals surface area (Å²) in [5, 5.41) is 8.20. The van der Waals surface area contributed by atoms with Gasteiger partial charge in [-0.1, -0.05) is 6.92 Å². The maximum atomic E-state index is 11.1. The summed E-state index contributed by atoms with van der Waals surface area (Å²) in [4.78, 5) is 0. The van der Waals surface area contributed by atoms with E-state index >= 15 is 0 Å². The molecule has 1 fully saturated rings. The quantitative estimate of drug-likeness (QED) is 0.575. The van der Waals surface area contributed by atoms with Gasteiger partial charge >= 0.3 is 0 Å². The van der Waals surface area contributed by atoms with Crippen LogP contribution in [0.15, 0.2) is 0 Å². The average molecular weight is 179 g/mol. The molecule has 0 heterocycles. The van der Waals surface area contributed by atoms with E-state index in [1.807, 2.05) is 0 Å². The van der Waals surface area contributed by atoms with Gasteiger partial charge in [0.2, 0.25) is 0 Å². The number of aliphatic hydroxyl groups is 1. The van der Waals surface area contributed by atoms with Crippen LogP contribution in [0.1, 0.15) is 13.3 Å². The van der Waals surface area contributed by atoms with Crippen molar-refractivity contribution in [1.82, 2.24) is 0 Å². The summed E-state index contributed by atoms with van der Waals surface area (Å²) >= 11 is 0. The van der Waals surface area contributed by atoms with Crippen LogP contribution >= 0.6 is 0 Å². The molecular formula is C6H13NO3S. The maximum Gasteiger partial charge on any atom is 0.154 e. The van der Waals surface area contributed by atoms with Crippen molar-refractivity contribution in [3.05, 3.63) is 0 Å². The standard InChI is InChI=1S/C6H13NO3S/c1-2-11(9,10)5-3-6(5,7)4-8/h5,8H,2-4,7H2,1H3/t5-,6+/m0/s1. The van der Waals surface area contributed by atoms with Crippen LogP contribution in [0.5, 0.6) is 0 Å². The third-order valence-electron chi connectivity index (χ3n) is 2.18. The van der Waals surface area contributed by atoms with Crippen molar-refractivity contribution in [2.24, 2.45) is 5.73 Å². The highest BCUT2D eigenvalue weighted by Crippen LogP contribution is 2.39. The lowest BCUT2D eigenvalue weighted by Gasteiger charge is -2.05. The van der Waals surface area contributed by atoms with Crippen LogP contribution in [0.4, 0.5) is 0 Å². The fourth-order valence-corrected chi connectivity index (χ4v) is 2.89. The first kappa shape index (κ1) is 8.96. The summed E-state index contributed by atoms with van der Waals surface area (Å²) in [6.45, 7) is 1.35. The summed E-state index contributed by atoms with van der Waals surface area (Å²) in [5.41, 5.74) is 4.68. The van der Waals surface area contributed by atoms with Crippen molar-refractivity contribution in [3.8, 4) is 0 Å². The smallest absolute Gasteiger partial charge is 0.154 e. The van der Waals surface area contributed by atoms with Gasteiger partial charge in [-0.15, -0.1) is 0 Å². The average Bonchev–Trinajstić information content (AvgIpc) is 2.65. The topological polar surface area (TPSA) is 80.4 Å². The molecule has 0 saturated heterocycles. The molecule has 11 heavy (non-hydrogen) atoms. The van der Waals surface area contributed by atoms with E-state index in [9.17, 15) is 8.42 Å². The van der Waals surface area contributed by atoms with E-state index in [2.05, 4.69) is 0 Å². The Bertz CT molecular complexity index is 249. The van der Waals surface area contributed by atoms with Gasteiger partial charge in [0.1, 0.15) is 0 Å². The molecule has 0 bridgehead atoms. The third-order valence-corrected chi connectivity index (χ3v) is 4.48. The van der Waals surface area contributed by atoms with Gasteiger partial charge in [0, 0.05) is 5.75 Å². The molecule has 0 aliphatic heterocycles. The second-order valence-corrected chi connectivity index (χ2v) is 5.51. The highest BCUT2D eigenvalue weighted by Gasteiger charge is 2.57. The molecule has 5 heteroatoms. The number of sulfone groups is 1. The first-order valence-corrected chi connectivity index (χ1v) is 5.29. The molecule has 66 valence electrons. The van der Waals surface area contributed by atoms with Crippen molar-refractivity contribution in [2.45, 2.75) is 24.1 Å². The molecule has 4 nitrogen and oxygen atoms in total. The zero-order valence-electron chi connectivity index (χ0n) is 6.45. The molecule has 1 aliphatic rings. The highest BCUT2D eigenvalue weighted by atomic mass is 32.2. The van der Waals surface area contributed by atoms with Crippen molar-refractivity contribution >= 4 is 9.84 Å². The summed E-state index contributed by atoms with van der Waals surface area (Å²) < 4.78 is 22.3. The molecule has 0 aromatic heterocycles. The van der Waals surface area contributed by atoms with Crippen molar-refractivity contribution in [1.29, 1.82) is 0 Å². The molecule has 0 amide bonds. The monoisotopic (exact) mass is 179 g/mol. The Balaban J connectivity index is 2.71. The summed E-state index contributed by atoms with van der Waals surface area (Å²) in [6, 6.07) is 0. The summed E-state index contributed by atoms with van der Waals surface area (Å²) in [5.74, 6) is 0.108. The second kappa shape index (κ2) is 2.43. The molecule has 1 rings (SSSR count). The highest BCUT2D eigenvalue weighted by molar-refractivity contribution is 7.92. The molecule has 0 unspecified atom stereocenters. The number of nitrogens with two attached hydrogens (primary N) is 1.